The molecule has 1 amide bonds. The summed E-state index contributed by atoms with van der Waals surface area (Å²) in [5.74, 6) is -0.661. The second kappa shape index (κ2) is 13.1. The first kappa shape index (κ1) is 30.4. The fraction of sp³-hybridized carbons (Fsp3) is 0.343. The number of fused-ring (bicyclic) bond motifs is 1. The molecule has 234 valence electrons. The maximum absolute atomic E-state index is 13.8. The summed E-state index contributed by atoms with van der Waals surface area (Å²) < 4.78 is 19.5. The Morgan fingerprint density at radius 1 is 0.978 bits per heavy atom. The van der Waals surface area contributed by atoms with Crippen molar-refractivity contribution < 1.29 is 28.9 Å². The number of carbonyl (C=O) groups is 2. The Labute approximate surface area is 262 Å². The molecular formula is C35H38N4O6. The predicted molar refractivity (Wildman–Crippen MR) is 169 cm³/mol. The van der Waals surface area contributed by atoms with Gasteiger partial charge in [-0.3, -0.25) is 14.5 Å². The minimum atomic E-state index is -0.848. The number of nitrogens with zero attached hydrogens (tertiary/aromatic N) is 4. The first-order valence-corrected chi connectivity index (χ1v) is 15.3. The molecule has 2 saturated heterocycles. The van der Waals surface area contributed by atoms with Crippen molar-refractivity contribution in [1.29, 1.82) is 0 Å². The number of ether oxygens (including phenoxy) is 3. The van der Waals surface area contributed by atoms with Gasteiger partial charge in [0.05, 0.1) is 37.1 Å². The second-order valence-electron chi connectivity index (χ2n) is 11.3. The number of benzene rings is 2. The van der Waals surface area contributed by atoms with Gasteiger partial charge in [-0.1, -0.05) is 42.5 Å². The van der Waals surface area contributed by atoms with Gasteiger partial charge in [-0.05, 0) is 55.7 Å². The molecule has 10 heteroatoms. The number of amides is 1. The van der Waals surface area contributed by atoms with E-state index in [1.807, 2.05) is 79.9 Å². The van der Waals surface area contributed by atoms with Crippen molar-refractivity contribution in [2.24, 2.45) is 0 Å². The fourth-order valence-corrected chi connectivity index (χ4v) is 6.02. The van der Waals surface area contributed by atoms with Crippen LogP contribution >= 0.6 is 0 Å². The Morgan fingerprint density at radius 3 is 2.49 bits per heavy atom. The van der Waals surface area contributed by atoms with Crippen molar-refractivity contribution in [2.75, 3.05) is 46.0 Å². The zero-order chi connectivity index (χ0) is 31.5. The lowest BCUT2D eigenvalue weighted by atomic mass is 9.96. The van der Waals surface area contributed by atoms with E-state index in [0.29, 0.717) is 67.9 Å². The Kier molecular flexibility index (Phi) is 8.86. The predicted octanol–water partition coefficient (Wildman–Crippen LogP) is 4.68. The van der Waals surface area contributed by atoms with Crippen molar-refractivity contribution in [3.05, 3.63) is 101 Å². The molecule has 2 aliphatic rings. The molecule has 0 aliphatic carbocycles. The third-order valence-corrected chi connectivity index (χ3v) is 8.43. The summed E-state index contributed by atoms with van der Waals surface area (Å²) in [7, 11) is 0. The number of carbonyl (C=O) groups excluding carboxylic acids is 2. The third kappa shape index (κ3) is 6.03. The fourth-order valence-electron chi connectivity index (χ4n) is 6.02. The first-order valence-electron chi connectivity index (χ1n) is 15.3. The van der Waals surface area contributed by atoms with Crippen LogP contribution in [0.5, 0.6) is 11.5 Å². The molecule has 4 aromatic rings. The maximum atomic E-state index is 13.8. The molecule has 10 nitrogen and oxygen atoms in total. The average molecular weight is 611 g/mol. The van der Waals surface area contributed by atoms with Gasteiger partial charge in [0.25, 0.3) is 11.7 Å². The van der Waals surface area contributed by atoms with Gasteiger partial charge in [0, 0.05) is 32.4 Å². The Morgan fingerprint density at radius 2 is 1.76 bits per heavy atom. The summed E-state index contributed by atoms with van der Waals surface area (Å²) in [4.78, 5) is 35.9. The lowest BCUT2D eigenvalue weighted by Crippen LogP contribution is -2.42. The molecule has 1 atom stereocenters. The summed E-state index contributed by atoms with van der Waals surface area (Å²) in [6.45, 7) is 10.0. The lowest BCUT2D eigenvalue weighted by molar-refractivity contribution is -0.140. The molecule has 0 saturated carbocycles. The van der Waals surface area contributed by atoms with E-state index < -0.39 is 17.7 Å². The molecule has 0 bridgehead atoms. The molecule has 0 spiro atoms. The van der Waals surface area contributed by atoms with Crippen LogP contribution < -0.4 is 9.47 Å². The van der Waals surface area contributed by atoms with Crippen molar-refractivity contribution in [1.82, 2.24) is 19.2 Å². The molecule has 2 aliphatic heterocycles. The van der Waals surface area contributed by atoms with Crippen LogP contribution in [0.15, 0.2) is 72.4 Å². The van der Waals surface area contributed by atoms with Crippen molar-refractivity contribution in [3.8, 4) is 11.5 Å². The minimum absolute atomic E-state index is 0.00605. The summed E-state index contributed by atoms with van der Waals surface area (Å²) in [6, 6.07) is 18.3. The number of ketones is 1. The number of pyridine rings is 1. The number of aliphatic hydroxyl groups excluding tert-OH is 1. The molecule has 2 fully saturated rings. The van der Waals surface area contributed by atoms with E-state index >= 15 is 0 Å². The van der Waals surface area contributed by atoms with Gasteiger partial charge in [-0.15, -0.1) is 0 Å². The number of morpholine rings is 1. The highest BCUT2D eigenvalue weighted by Crippen LogP contribution is 2.42. The third-order valence-electron chi connectivity index (χ3n) is 8.43. The number of likely N-dealkylation sites (tertiary alicyclic amines) is 1. The molecule has 2 aromatic heterocycles. The molecule has 1 unspecified atom stereocenters. The molecule has 0 radical (unpaired) electrons. The molecule has 2 aromatic carbocycles. The summed E-state index contributed by atoms with van der Waals surface area (Å²) in [5.41, 5.74) is 4.19. The number of aryl methyl sites for hydroxylation is 2. The van der Waals surface area contributed by atoms with Crippen molar-refractivity contribution in [3.63, 3.8) is 0 Å². The van der Waals surface area contributed by atoms with Crippen LogP contribution in [0.25, 0.3) is 11.4 Å². The molecular weight excluding hydrogens is 572 g/mol. The van der Waals surface area contributed by atoms with Gasteiger partial charge in [0.2, 0.25) is 0 Å². The SMILES string of the molecule is CCOc1cc(C2/C(=C(\O)c3nc4c(C)cccn4c3C)C(=O)C(=O)N2CCN2CCOCC2)ccc1OCc1ccccc1. The molecule has 6 rings (SSSR count). The Balaban J connectivity index is 1.42. The number of hydrogen-bond donors (Lipinski definition) is 1. The minimum Gasteiger partial charge on any atom is -0.505 e. The van der Waals surface area contributed by atoms with Gasteiger partial charge < -0.3 is 28.6 Å². The summed E-state index contributed by atoms with van der Waals surface area (Å²) >= 11 is 0. The number of Topliss-reactive ketones (excluding diaryl/α,β-unsaturated/α-hetero) is 1. The lowest BCUT2D eigenvalue weighted by Gasteiger charge is -2.31. The number of aliphatic hydroxyl groups is 1. The number of imidazole rings is 1. The summed E-state index contributed by atoms with van der Waals surface area (Å²) in [5, 5.41) is 11.8. The van der Waals surface area contributed by atoms with E-state index in [9.17, 15) is 14.7 Å². The van der Waals surface area contributed by atoms with Gasteiger partial charge >= 0.3 is 0 Å². The first-order chi connectivity index (χ1) is 21.9. The van der Waals surface area contributed by atoms with Crippen LogP contribution in [0.4, 0.5) is 0 Å². The van der Waals surface area contributed by atoms with Crippen LogP contribution in [0.2, 0.25) is 0 Å². The molecule has 1 N–H and O–H groups in total. The van der Waals surface area contributed by atoms with E-state index in [1.165, 1.54) is 0 Å². The monoisotopic (exact) mass is 610 g/mol. The molecule has 45 heavy (non-hydrogen) atoms. The zero-order valence-electron chi connectivity index (χ0n) is 25.9. The number of rotatable bonds is 10. The van der Waals surface area contributed by atoms with E-state index in [4.69, 9.17) is 19.2 Å². The van der Waals surface area contributed by atoms with Crippen LogP contribution in [-0.4, -0.2) is 82.0 Å². The van der Waals surface area contributed by atoms with Crippen LogP contribution in [0.1, 0.15) is 41.0 Å². The van der Waals surface area contributed by atoms with E-state index in [0.717, 1.165) is 24.2 Å². The van der Waals surface area contributed by atoms with Crippen LogP contribution in [0.3, 0.4) is 0 Å². The molecule has 4 heterocycles. The average Bonchev–Trinajstić information content (AvgIpc) is 3.53. The Hall–Kier alpha value is -4.67. The standard InChI is InChI=1S/C35H38N4O6/c1-4-44-28-21-26(12-13-27(28)45-22-25-10-6-5-7-11-25)31-29(32(40)30-24(3)38-14-8-9-23(2)34(38)36-30)33(41)35(42)39(31)16-15-37-17-19-43-20-18-37/h5-14,21,31,40H,4,15-20,22H2,1-3H3/b32-29+. The second-order valence-corrected chi connectivity index (χ2v) is 11.3. The quantitative estimate of drug-likeness (QED) is 0.157. The Bertz CT molecular complexity index is 1740. The highest BCUT2D eigenvalue weighted by molar-refractivity contribution is 6.46. The smallest absolute Gasteiger partial charge is 0.295 e. The van der Waals surface area contributed by atoms with Crippen LogP contribution in [0, 0.1) is 13.8 Å². The maximum Gasteiger partial charge on any atom is 0.295 e. The highest BCUT2D eigenvalue weighted by atomic mass is 16.5. The van der Waals surface area contributed by atoms with Gasteiger partial charge in [-0.25, -0.2) is 4.98 Å². The number of aromatic nitrogens is 2. The van der Waals surface area contributed by atoms with Gasteiger partial charge in [-0.2, -0.15) is 0 Å². The topological polar surface area (TPSA) is 106 Å². The highest BCUT2D eigenvalue weighted by Gasteiger charge is 2.47. The largest absolute Gasteiger partial charge is 0.505 e. The number of hydrogen-bond acceptors (Lipinski definition) is 8. The van der Waals surface area contributed by atoms with E-state index in [1.54, 1.807) is 17.0 Å². The van der Waals surface area contributed by atoms with Gasteiger partial charge in [0.1, 0.15) is 17.9 Å². The van der Waals surface area contributed by atoms with Gasteiger partial charge in [0.15, 0.2) is 17.3 Å². The zero-order valence-corrected chi connectivity index (χ0v) is 25.9. The van der Waals surface area contributed by atoms with E-state index in [-0.39, 0.29) is 17.0 Å². The normalized spacial score (nSPS) is 18.6. The van der Waals surface area contributed by atoms with Crippen molar-refractivity contribution in [2.45, 2.75) is 33.4 Å². The van der Waals surface area contributed by atoms with Crippen molar-refractivity contribution >= 4 is 23.1 Å². The van der Waals surface area contributed by atoms with Crippen LogP contribution in [-0.2, 0) is 20.9 Å². The summed E-state index contributed by atoms with van der Waals surface area (Å²) in [6.07, 6.45) is 1.86. The van der Waals surface area contributed by atoms with E-state index in [2.05, 4.69) is 4.90 Å².